The number of hydrogen-bond acceptors (Lipinski definition) is 5. The number of esters is 1. The molecule has 6 heteroatoms. The first-order valence-corrected chi connectivity index (χ1v) is 5.32. The topological polar surface area (TPSA) is 72.5 Å². The summed E-state index contributed by atoms with van der Waals surface area (Å²) in [6.45, 7) is 1.37. The first-order chi connectivity index (χ1) is 7.54. The Morgan fingerprint density at radius 2 is 1.94 bits per heavy atom. The molecule has 1 aromatic rings. The number of ketones is 1. The molecule has 1 amide bonds. The number of Topliss-reactive ketones (excluding diaryl/α,β-unsaturated/α-hetero) is 1. The predicted octanol–water partition coefficient (Wildman–Crippen LogP) is 0.854. The van der Waals surface area contributed by atoms with E-state index in [9.17, 15) is 14.4 Å². The van der Waals surface area contributed by atoms with Gasteiger partial charge < -0.3 is 10.1 Å². The molecule has 0 saturated heterocycles. The van der Waals surface area contributed by atoms with Crippen LogP contribution in [-0.2, 0) is 9.53 Å². The van der Waals surface area contributed by atoms with E-state index in [1.54, 1.807) is 0 Å². The molecule has 1 rings (SSSR count). The van der Waals surface area contributed by atoms with E-state index in [2.05, 4.69) is 10.1 Å². The lowest BCUT2D eigenvalue weighted by Crippen LogP contribution is -2.27. The minimum absolute atomic E-state index is 0.00963. The van der Waals surface area contributed by atoms with Crippen LogP contribution in [0.25, 0.3) is 0 Å². The molecule has 0 radical (unpaired) electrons. The quantitative estimate of drug-likeness (QED) is 0.793. The molecule has 16 heavy (non-hydrogen) atoms. The van der Waals surface area contributed by atoms with E-state index >= 15 is 0 Å². The van der Waals surface area contributed by atoms with Crippen LogP contribution in [0.15, 0.2) is 12.1 Å². The molecule has 0 atom stereocenters. The number of thiophene rings is 1. The van der Waals surface area contributed by atoms with Crippen LogP contribution in [-0.4, -0.2) is 31.3 Å². The number of nitrogens with one attached hydrogen (secondary N) is 1. The van der Waals surface area contributed by atoms with E-state index in [1.165, 1.54) is 26.2 Å². The van der Waals surface area contributed by atoms with E-state index in [4.69, 9.17) is 0 Å². The summed E-state index contributed by atoms with van der Waals surface area (Å²) in [5, 5.41) is 2.44. The molecular weight excluding hydrogens is 230 g/mol. The summed E-state index contributed by atoms with van der Waals surface area (Å²) in [6, 6.07) is 3.03. The zero-order chi connectivity index (χ0) is 12.1. The van der Waals surface area contributed by atoms with Crippen molar-refractivity contribution in [2.75, 3.05) is 13.7 Å². The Morgan fingerprint density at radius 3 is 2.50 bits per heavy atom. The molecule has 0 unspecified atom stereocenters. The lowest BCUT2D eigenvalue weighted by atomic mass is 10.4. The first-order valence-electron chi connectivity index (χ1n) is 4.50. The van der Waals surface area contributed by atoms with Crippen molar-refractivity contribution in [2.24, 2.45) is 0 Å². The maximum atomic E-state index is 11.5. The molecule has 0 aliphatic rings. The second kappa shape index (κ2) is 5.41. The molecule has 5 nitrogen and oxygen atoms in total. The van der Waals surface area contributed by atoms with Gasteiger partial charge in [0, 0.05) is 0 Å². The third-order valence-electron chi connectivity index (χ3n) is 1.71. The summed E-state index contributed by atoms with van der Waals surface area (Å²) in [5.74, 6) is -0.968. The van der Waals surface area contributed by atoms with Crippen molar-refractivity contribution in [3.8, 4) is 0 Å². The Balaban J connectivity index is 2.67. The van der Waals surface area contributed by atoms with E-state index in [0.717, 1.165) is 11.3 Å². The molecular formula is C10H11NO4S. The van der Waals surface area contributed by atoms with Crippen molar-refractivity contribution >= 4 is 29.0 Å². The fraction of sp³-hybridized carbons (Fsp3) is 0.300. The first kappa shape index (κ1) is 12.4. The molecule has 1 aromatic heterocycles. The van der Waals surface area contributed by atoms with Gasteiger partial charge in [-0.3, -0.25) is 9.59 Å². The fourth-order valence-corrected chi connectivity index (χ4v) is 1.80. The highest BCUT2D eigenvalue weighted by molar-refractivity contribution is 7.15. The van der Waals surface area contributed by atoms with Crippen molar-refractivity contribution in [1.82, 2.24) is 5.32 Å². The van der Waals surface area contributed by atoms with Gasteiger partial charge in [0.2, 0.25) is 0 Å². The molecule has 0 fully saturated rings. The van der Waals surface area contributed by atoms with Gasteiger partial charge in [0.05, 0.1) is 18.5 Å². The van der Waals surface area contributed by atoms with Gasteiger partial charge in [-0.2, -0.15) is 0 Å². The maximum absolute atomic E-state index is 11.5. The minimum Gasteiger partial charge on any atom is -0.465 e. The Kier molecular flexibility index (Phi) is 4.19. The molecule has 1 heterocycles. The molecule has 0 aliphatic carbocycles. The summed E-state index contributed by atoms with van der Waals surface area (Å²) in [6.07, 6.45) is 0. The summed E-state index contributed by atoms with van der Waals surface area (Å²) >= 11 is 1.03. The number of ether oxygens (including phenoxy) is 1. The average molecular weight is 241 g/mol. The Labute approximate surface area is 96.4 Å². The van der Waals surface area contributed by atoms with Crippen LogP contribution in [0.2, 0.25) is 0 Å². The predicted molar refractivity (Wildman–Crippen MR) is 58.7 cm³/mol. The second-order valence-corrected chi connectivity index (χ2v) is 4.12. The van der Waals surface area contributed by atoms with Gasteiger partial charge in [-0.05, 0) is 19.1 Å². The van der Waals surface area contributed by atoms with Crippen molar-refractivity contribution in [3.05, 3.63) is 21.9 Å². The molecule has 86 valence electrons. The third-order valence-corrected chi connectivity index (χ3v) is 2.78. The van der Waals surface area contributed by atoms with Crippen molar-refractivity contribution in [1.29, 1.82) is 0 Å². The van der Waals surface area contributed by atoms with Crippen LogP contribution in [0.1, 0.15) is 26.3 Å². The van der Waals surface area contributed by atoms with Crippen molar-refractivity contribution in [2.45, 2.75) is 6.92 Å². The van der Waals surface area contributed by atoms with Gasteiger partial charge in [-0.25, -0.2) is 4.79 Å². The molecule has 1 N–H and O–H groups in total. The zero-order valence-corrected chi connectivity index (χ0v) is 9.72. The highest BCUT2D eigenvalue weighted by atomic mass is 32.1. The smallest absolute Gasteiger partial charge is 0.348 e. The standard InChI is InChI=1S/C10H11NO4S/c1-6(12)5-11-9(13)7-3-4-8(16-7)10(14)15-2/h3-4H,5H2,1-2H3,(H,11,13). The minimum atomic E-state index is -0.476. The van der Waals surface area contributed by atoms with Gasteiger partial charge in [-0.1, -0.05) is 0 Å². The second-order valence-electron chi connectivity index (χ2n) is 3.04. The number of hydrogen-bond donors (Lipinski definition) is 1. The van der Waals surface area contributed by atoms with Crippen LogP contribution < -0.4 is 5.32 Å². The highest BCUT2D eigenvalue weighted by Gasteiger charge is 2.13. The number of rotatable bonds is 4. The molecule has 0 aliphatic heterocycles. The monoisotopic (exact) mass is 241 g/mol. The molecule has 0 saturated carbocycles. The van der Waals surface area contributed by atoms with Gasteiger partial charge >= 0.3 is 5.97 Å². The van der Waals surface area contributed by atoms with Crippen LogP contribution in [0.3, 0.4) is 0 Å². The van der Waals surface area contributed by atoms with E-state index in [-0.39, 0.29) is 18.2 Å². The van der Waals surface area contributed by atoms with Crippen molar-refractivity contribution < 1.29 is 19.1 Å². The summed E-state index contributed by atoms with van der Waals surface area (Å²) in [4.78, 5) is 34.0. The van der Waals surface area contributed by atoms with E-state index in [1.807, 2.05) is 0 Å². The van der Waals surface area contributed by atoms with Crippen LogP contribution in [0.5, 0.6) is 0 Å². The van der Waals surface area contributed by atoms with Gasteiger partial charge in [0.15, 0.2) is 0 Å². The van der Waals surface area contributed by atoms with Gasteiger partial charge in [-0.15, -0.1) is 11.3 Å². The highest BCUT2D eigenvalue weighted by Crippen LogP contribution is 2.16. The van der Waals surface area contributed by atoms with E-state index < -0.39 is 5.97 Å². The third kappa shape index (κ3) is 3.16. The summed E-state index contributed by atoms with van der Waals surface area (Å²) in [7, 11) is 1.28. The number of methoxy groups -OCH3 is 1. The molecule has 0 aromatic carbocycles. The lowest BCUT2D eigenvalue weighted by molar-refractivity contribution is -0.116. The van der Waals surface area contributed by atoms with Gasteiger partial charge in [0.1, 0.15) is 10.7 Å². The Hall–Kier alpha value is -1.69. The van der Waals surface area contributed by atoms with E-state index in [0.29, 0.717) is 9.75 Å². The Bertz CT molecular complexity index is 424. The van der Waals surface area contributed by atoms with Crippen LogP contribution in [0, 0.1) is 0 Å². The average Bonchev–Trinajstić information content (AvgIpc) is 2.74. The number of carbonyl (C=O) groups excluding carboxylic acids is 3. The summed E-state index contributed by atoms with van der Waals surface area (Å²) in [5.41, 5.74) is 0. The van der Waals surface area contributed by atoms with Crippen LogP contribution in [0.4, 0.5) is 0 Å². The summed E-state index contributed by atoms with van der Waals surface area (Å²) < 4.78 is 4.51. The number of amides is 1. The number of carbonyl (C=O) groups is 3. The van der Waals surface area contributed by atoms with Gasteiger partial charge in [0.25, 0.3) is 5.91 Å². The zero-order valence-electron chi connectivity index (χ0n) is 8.90. The fourth-order valence-electron chi connectivity index (χ4n) is 0.962. The van der Waals surface area contributed by atoms with Crippen molar-refractivity contribution in [3.63, 3.8) is 0 Å². The molecule has 0 spiro atoms. The Morgan fingerprint density at radius 1 is 1.31 bits per heavy atom. The SMILES string of the molecule is COC(=O)c1ccc(C(=O)NCC(C)=O)s1. The lowest BCUT2D eigenvalue weighted by Gasteiger charge is -1.98. The maximum Gasteiger partial charge on any atom is 0.348 e. The normalized spacial score (nSPS) is 9.62. The molecule has 0 bridgehead atoms. The largest absolute Gasteiger partial charge is 0.465 e. The van der Waals surface area contributed by atoms with Crippen LogP contribution >= 0.6 is 11.3 Å².